The minimum Gasteiger partial charge on any atom is -0.311 e. The van der Waals surface area contributed by atoms with E-state index in [0.29, 0.717) is 0 Å². The molecule has 0 fully saturated rings. The molecule has 0 aliphatic heterocycles. The Hall–Kier alpha value is -7.42. The monoisotopic (exact) mass is 754 g/mol. The van der Waals surface area contributed by atoms with Gasteiger partial charge in [-0.15, -0.1) is 0 Å². The number of para-hydroxylation sites is 1. The molecule has 0 radical (unpaired) electrons. The minimum atomic E-state index is -0.0790. The van der Waals surface area contributed by atoms with Gasteiger partial charge in [0.1, 0.15) is 0 Å². The molecular weight excluding hydrogens is 713 g/mol. The summed E-state index contributed by atoms with van der Waals surface area (Å²) in [5.74, 6) is 0. The molecule has 0 saturated heterocycles. The third-order valence-electron chi connectivity index (χ3n) is 12.4. The van der Waals surface area contributed by atoms with Crippen LogP contribution in [0.4, 0.5) is 17.1 Å². The van der Waals surface area contributed by atoms with Crippen LogP contribution in [0.2, 0.25) is 0 Å². The Bertz CT molecular complexity index is 3040. The highest BCUT2D eigenvalue weighted by molar-refractivity contribution is 6.12. The summed E-state index contributed by atoms with van der Waals surface area (Å²) in [5.41, 5.74) is 19.5. The maximum absolute atomic E-state index is 2.48. The van der Waals surface area contributed by atoms with E-state index in [1.807, 2.05) is 0 Å². The van der Waals surface area contributed by atoms with Crippen LogP contribution in [0.1, 0.15) is 25.0 Å². The van der Waals surface area contributed by atoms with Gasteiger partial charge in [-0.2, -0.15) is 0 Å². The van der Waals surface area contributed by atoms with Gasteiger partial charge in [-0.3, -0.25) is 0 Å². The molecule has 0 unspecified atom stereocenters. The zero-order valence-electron chi connectivity index (χ0n) is 33.2. The molecule has 1 heterocycles. The van der Waals surface area contributed by atoms with Gasteiger partial charge in [0.05, 0.1) is 11.0 Å². The number of rotatable bonds is 7. The molecule has 280 valence electrons. The number of hydrogen-bond acceptors (Lipinski definition) is 1. The largest absolute Gasteiger partial charge is 0.311 e. The van der Waals surface area contributed by atoms with Crippen molar-refractivity contribution in [3.05, 3.63) is 230 Å². The van der Waals surface area contributed by atoms with Gasteiger partial charge in [0.2, 0.25) is 0 Å². The van der Waals surface area contributed by atoms with Crippen molar-refractivity contribution in [3.63, 3.8) is 0 Å². The second-order valence-electron chi connectivity index (χ2n) is 16.2. The molecule has 0 bridgehead atoms. The Morgan fingerprint density at radius 3 is 1.34 bits per heavy atom. The molecule has 9 aromatic carbocycles. The second kappa shape index (κ2) is 13.9. The van der Waals surface area contributed by atoms with Gasteiger partial charge >= 0.3 is 0 Å². The van der Waals surface area contributed by atoms with Crippen LogP contribution in [0.5, 0.6) is 0 Å². The lowest BCUT2D eigenvalue weighted by atomic mass is 9.82. The lowest BCUT2D eigenvalue weighted by Gasteiger charge is -2.26. The van der Waals surface area contributed by atoms with E-state index in [4.69, 9.17) is 0 Å². The van der Waals surface area contributed by atoms with E-state index in [0.717, 1.165) is 17.1 Å². The molecule has 59 heavy (non-hydrogen) atoms. The Morgan fingerprint density at radius 1 is 0.339 bits per heavy atom. The van der Waals surface area contributed by atoms with Crippen molar-refractivity contribution in [2.24, 2.45) is 0 Å². The van der Waals surface area contributed by atoms with Crippen molar-refractivity contribution < 1.29 is 0 Å². The lowest BCUT2D eigenvalue weighted by molar-refractivity contribution is 0.661. The van der Waals surface area contributed by atoms with Crippen molar-refractivity contribution in [3.8, 4) is 50.2 Å². The van der Waals surface area contributed by atoms with Crippen molar-refractivity contribution in [2.45, 2.75) is 19.3 Å². The molecule has 0 saturated carbocycles. The van der Waals surface area contributed by atoms with Gasteiger partial charge in [0, 0.05) is 38.9 Å². The zero-order valence-corrected chi connectivity index (χ0v) is 33.2. The molecule has 0 spiro atoms. The van der Waals surface area contributed by atoms with E-state index in [1.54, 1.807) is 0 Å². The van der Waals surface area contributed by atoms with Crippen LogP contribution in [0.15, 0.2) is 218 Å². The molecule has 1 aliphatic carbocycles. The van der Waals surface area contributed by atoms with Gasteiger partial charge in [-0.1, -0.05) is 159 Å². The number of hydrogen-bond donors (Lipinski definition) is 0. The summed E-state index contributed by atoms with van der Waals surface area (Å²) in [7, 11) is 0. The zero-order chi connectivity index (χ0) is 39.5. The van der Waals surface area contributed by atoms with Gasteiger partial charge < -0.3 is 9.47 Å². The molecule has 1 aromatic heterocycles. The molecule has 0 atom stereocenters. The summed E-state index contributed by atoms with van der Waals surface area (Å²) >= 11 is 0. The number of aromatic nitrogens is 1. The van der Waals surface area contributed by atoms with Crippen LogP contribution >= 0.6 is 0 Å². The molecule has 0 amide bonds. The minimum absolute atomic E-state index is 0.0790. The summed E-state index contributed by atoms with van der Waals surface area (Å²) in [6.07, 6.45) is 0. The van der Waals surface area contributed by atoms with Crippen molar-refractivity contribution in [1.82, 2.24) is 4.57 Å². The van der Waals surface area contributed by atoms with E-state index >= 15 is 0 Å². The predicted octanol–water partition coefficient (Wildman–Crippen LogP) is 15.6. The second-order valence-corrected chi connectivity index (χ2v) is 16.2. The van der Waals surface area contributed by atoms with E-state index in [-0.39, 0.29) is 5.41 Å². The van der Waals surface area contributed by atoms with Gasteiger partial charge in [0.25, 0.3) is 0 Å². The van der Waals surface area contributed by atoms with Gasteiger partial charge in [-0.05, 0) is 128 Å². The Kier molecular flexibility index (Phi) is 8.20. The molecule has 2 heteroatoms. The summed E-state index contributed by atoms with van der Waals surface area (Å²) in [5, 5.41) is 2.55. The topological polar surface area (TPSA) is 8.17 Å². The van der Waals surface area contributed by atoms with Crippen molar-refractivity contribution in [1.29, 1.82) is 0 Å². The fourth-order valence-electron chi connectivity index (χ4n) is 9.37. The molecule has 2 nitrogen and oxygen atoms in total. The fourth-order valence-corrected chi connectivity index (χ4v) is 9.37. The van der Waals surface area contributed by atoms with Crippen molar-refractivity contribution >= 4 is 38.9 Å². The number of nitrogens with zero attached hydrogens (tertiary/aromatic N) is 2. The summed E-state index contributed by atoms with van der Waals surface area (Å²) in [6.45, 7) is 4.73. The number of benzene rings is 9. The molecule has 10 aromatic rings. The van der Waals surface area contributed by atoms with Crippen LogP contribution in [-0.4, -0.2) is 4.57 Å². The Balaban J connectivity index is 1.01. The third kappa shape index (κ3) is 5.87. The van der Waals surface area contributed by atoms with Crippen LogP contribution in [0, 0.1) is 0 Å². The van der Waals surface area contributed by atoms with Crippen LogP contribution < -0.4 is 4.90 Å². The molecule has 11 rings (SSSR count). The average Bonchev–Trinajstić information content (AvgIpc) is 3.74. The summed E-state index contributed by atoms with van der Waals surface area (Å²) in [6, 6.07) is 79.6. The first-order valence-electron chi connectivity index (χ1n) is 20.5. The van der Waals surface area contributed by atoms with Crippen molar-refractivity contribution in [2.75, 3.05) is 4.90 Å². The average molecular weight is 755 g/mol. The highest BCUT2D eigenvalue weighted by Gasteiger charge is 2.36. The maximum atomic E-state index is 2.48. The van der Waals surface area contributed by atoms with Crippen LogP contribution in [-0.2, 0) is 5.41 Å². The first-order valence-corrected chi connectivity index (χ1v) is 20.5. The fraction of sp³-hybridized carbons (Fsp3) is 0.0526. The highest BCUT2D eigenvalue weighted by atomic mass is 15.1. The lowest BCUT2D eigenvalue weighted by Crippen LogP contribution is -2.14. The highest BCUT2D eigenvalue weighted by Crippen LogP contribution is 2.51. The van der Waals surface area contributed by atoms with E-state index in [9.17, 15) is 0 Å². The SMILES string of the molecule is CC1(C)c2ccccc2-c2cc3c(cc21)c1cc(-c2ccc(N(c4ccc(-c5ccccc5)cc4)c4ccc(-c5ccccc5)cc4)cc2)ccc1n3-c1ccccc1. The smallest absolute Gasteiger partial charge is 0.0547 e. The van der Waals surface area contributed by atoms with E-state index in [1.165, 1.54) is 83.1 Å². The molecule has 1 aliphatic rings. The van der Waals surface area contributed by atoms with E-state index < -0.39 is 0 Å². The summed E-state index contributed by atoms with van der Waals surface area (Å²) < 4.78 is 2.44. The molecular formula is C57H42N2. The first-order chi connectivity index (χ1) is 29.0. The maximum Gasteiger partial charge on any atom is 0.0547 e. The predicted molar refractivity (Wildman–Crippen MR) is 249 cm³/mol. The number of fused-ring (bicyclic) bond motifs is 6. The standard InChI is InChI=1S/C57H42N2/c1-57(2)53-21-13-12-20-49(53)50-38-56-52(37-54(50)57)51-36-44(28-35-55(51)59(56)45-18-10-5-11-19-45)43-26-33-48(34-27-43)58(46-29-22-41(23-30-46)39-14-6-3-7-15-39)47-31-24-42(25-32-47)40-16-8-4-9-17-40/h3-38H,1-2H3. The summed E-state index contributed by atoms with van der Waals surface area (Å²) in [4.78, 5) is 2.35. The van der Waals surface area contributed by atoms with Crippen LogP contribution in [0.3, 0.4) is 0 Å². The van der Waals surface area contributed by atoms with Gasteiger partial charge in [-0.25, -0.2) is 0 Å². The third-order valence-corrected chi connectivity index (χ3v) is 12.4. The normalized spacial score (nSPS) is 12.7. The quantitative estimate of drug-likeness (QED) is 0.157. The Morgan fingerprint density at radius 2 is 0.780 bits per heavy atom. The Labute approximate surface area is 345 Å². The molecule has 0 N–H and O–H groups in total. The first kappa shape index (κ1) is 34.8. The van der Waals surface area contributed by atoms with E-state index in [2.05, 4.69) is 242 Å². The van der Waals surface area contributed by atoms with Crippen LogP contribution in [0.25, 0.3) is 72.0 Å². The number of anilines is 3. The van der Waals surface area contributed by atoms with Gasteiger partial charge in [0.15, 0.2) is 0 Å².